The lowest BCUT2D eigenvalue weighted by molar-refractivity contribution is 0.171. The van der Waals surface area contributed by atoms with E-state index in [1.807, 2.05) is 0 Å². The number of halogens is 1. The fourth-order valence-corrected chi connectivity index (χ4v) is 6.57. The normalized spacial score (nSPS) is 18.1. The highest BCUT2D eigenvalue weighted by molar-refractivity contribution is 7.89. The Morgan fingerprint density at radius 3 is 2.15 bits per heavy atom. The van der Waals surface area contributed by atoms with Gasteiger partial charge in [-0.1, -0.05) is 11.6 Å². The lowest BCUT2D eigenvalue weighted by Gasteiger charge is -2.36. The highest BCUT2D eigenvalue weighted by Gasteiger charge is 2.31. The molecular weight excluding hydrogens is 464 g/mol. The molecule has 0 saturated carbocycles. The molecule has 0 aliphatic carbocycles. The molecule has 0 amide bonds. The molecule has 2 aromatic carbocycles. The molecule has 0 spiro atoms. The first kappa shape index (κ1) is 24.1. The third kappa shape index (κ3) is 5.09. The van der Waals surface area contributed by atoms with Crippen molar-refractivity contribution >= 4 is 21.6 Å². The van der Waals surface area contributed by atoms with Crippen molar-refractivity contribution in [3.8, 4) is 17.2 Å². The van der Waals surface area contributed by atoms with Gasteiger partial charge in [0.05, 0.1) is 31.2 Å². The zero-order valence-electron chi connectivity index (χ0n) is 19.3. The van der Waals surface area contributed by atoms with Crippen molar-refractivity contribution in [1.29, 1.82) is 0 Å². The Morgan fingerprint density at radius 2 is 1.55 bits per heavy atom. The van der Waals surface area contributed by atoms with E-state index in [1.165, 1.54) is 24.3 Å². The van der Waals surface area contributed by atoms with Crippen LogP contribution in [0.3, 0.4) is 0 Å². The lowest BCUT2D eigenvalue weighted by atomic mass is 9.94. The van der Waals surface area contributed by atoms with Crippen LogP contribution in [-0.4, -0.2) is 65.1 Å². The quantitative estimate of drug-likeness (QED) is 0.582. The van der Waals surface area contributed by atoms with E-state index in [4.69, 9.17) is 25.8 Å². The van der Waals surface area contributed by atoms with Crippen LogP contribution < -0.4 is 14.2 Å². The molecule has 33 heavy (non-hydrogen) atoms. The summed E-state index contributed by atoms with van der Waals surface area (Å²) >= 11 is 6.15. The number of ether oxygens (including phenoxy) is 3. The summed E-state index contributed by atoms with van der Waals surface area (Å²) in [6.45, 7) is 3.87. The first-order chi connectivity index (χ1) is 15.8. The van der Waals surface area contributed by atoms with Gasteiger partial charge in [-0.2, -0.15) is 4.31 Å². The van der Waals surface area contributed by atoms with Crippen LogP contribution in [0, 0.1) is 5.92 Å². The number of rotatable bonds is 7. The summed E-state index contributed by atoms with van der Waals surface area (Å²) in [4.78, 5) is 2.68. The summed E-state index contributed by atoms with van der Waals surface area (Å²) in [5.74, 6) is 2.47. The summed E-state index contributed by atoms with van der Waals surface area (Å²) in [6, 6.07) is 8.79. The second-order valence-electron chi connectivity index (χ2n) is 8.60. The summed E-state index contributed by atoms with van der Waals surface area (Å²) in [6.07, 6.45) is 2.66. The van der Waals surface area contributed by atoms with Gasteiger partial charge in [-0.3, -0.25) is 4.90 Å². The van der Waals surface area contributed by atoms with Crippen LogP contribution in [0.25, 0.3) is 0 Å². The van der Waals surface area contributed by atoms with E-state index >= 15 is 0 Å². The van der Waals surface area contributed by atoms with Gasteiger partial charge in [0, 0.05) is 32.7 Å². The summed E-state index contributed by atoms with van der Waals surface area (Å²) < 4.78 is 43.8. The molecular formula is C24H31ClN2O5S. The van der Waals surface area contributed by atoms with Gasteiger partial charge in [0.15, 0.2) is 11.5 Å². The minimum atomic E-state index is -3.57. The van der Waals surface area contributed by atoms with Gasteiger partial charge in [-0.05, 0) is 66.6 Å². The second kappa shape index (κ2) is 10.1. The highest BCUT2D eigenvalue weighted by atomic mass is 35.5. The van der Waals surface area contributed by atoms with E-state index in [0.717, 1.165) is 50.4 Å². The van der Waals surface area contributed by atoms with Crippen molar-refractivity contribution in [3.05, 3.63) is 46.5 Å². The largest absolute Gasteiger partial charge is 0.495 e. The molecule has 2 aliphatic rings. The molecule has 180 valence electrons. The third-order valence-corrected chi connectivity index (χ3v) is 8.84. The molecule has 7 nitrogen and oxygen atoms in total. The molecule has 4 rings (SSSR count). The van der Waals surface area contributed by atoms with Crippen molar-refractivity contribution in [2.24, 2.45) is 5.92 Å². The molecule has 0 atom stereocenters. The predicted molar refractivity (Wildman–Crippen MR) is 128 cm³/mol. The van der Waals surface area contributed by atoms with Crippen LogP contribution in [0.4, 0.5) is 0 Å². The monoisotopic (exact) mass is 494 g/mol. The maximum atomic E-state index is 13.1. The van der Waals surface area contributed by atoms with Crippen LogP contribution in [0.2, 0.25) is 5.02 Å². The fourth-order valence-electron chi connectivity index (χ4n) is 4.75. The number of hydrogen-bond acceptors (Lipinski definition) is 6. The predicted octanol–water partition coefficient (Wildman–Crippen LogP) is 3.82. The van der Waals surface area contributed by atoms with E-state index in [9.17, 15) is 8.42 Å². The lowest BCUT2D eigenvalue weighted by Crippen LogP contribution is -2.42. The molecule has 0 bridgehead atoms. The first-order valence-electron chi connectivity index (χ1n) is 11.2. The third-order valence-electron chi connectivity index (χ3n) is 6.65. The Kier molecular flexibility index (Phi) is 7.38. The van der Waals surface area contributed by atoms with E-state index < -0.39 is 10.0 Å². The Hall–Kier alpha value is -2.00. The second-order valence-corrected chi connectivity index (χ2v) is 10.9. The summed E-state index contributed by atoms with van der Waals surface area (Å²) in [5, 5.41) is 0.299. The molecule has 2 aromatic rings. The standard InChI is InChI=1S/C24H31ClN2O5S/c1-30-22-5-4-20(14-21(22)25)33(28,29)27-10-6-17(7-11-27)15-26-9-8-18-12-23(31-2)24(32-3)13-19(18)16-26/h4-5,12-14,17H,6-11,15-16H2,1-3H3. The zero-order chi connectivity index (χ0) is 23.6. The zero-order valence-corrected chi connectivity index (χ0v) is 20.9. The molecule has 0 radical (unpaired) electrons. The van der Waals surface area contributed by atoms with E-state index in [2.05, 4.69) is 17.0 Å². The Morgan fingerprint density at radius 1 is 0.909 bits per heavy atom. The number of benzene rings is 2. The molecule has 2 heterocycles. The summed E-state index contributed by atoms with van der Waals surface area (Å²) in [7, 11) is 1.26. The van der Waals surface area contributed by atoms with Gasteiger partial charge in [-0.15, -0.1) is 0 Å². The Bertz CT molecular complexity index is 1100. The van der Waals surface area contributed by atoms with Gasteiger partial charge in [0.1, 0.15) is 5.75 Å². The van der Waals surface area contributed by atoms with Crippen molar-refractivity contribution in [3.63, 3.8) is 0 Å². The number of fused-ring (bicyclic) bond motifs is 1. The minimum absolute atomic E-state index is 0.212. The van der Waals surface area contributed by atoms with E-state index in [0.29, 0.717) is 29.8 Å². The number of sulfonamides is 1. The average molecular weight is 495 g/mol. The first-order valence-corrected chi connectivity index (χ1v) is 13.0. The van der Waals surface area contributed by atoms with Gasteiger partial charge in [0.2, 0.25) is 10.0 Å². The molecule has 0 N–H and O–H groups in total. The number of piperidine rings is 1. The Labute approximate surface area is 201 Å². The maximum Gasteiger partial charge on any atom is 0.243 e. The topological polar surface area (TPSA) is 68.3 Å². The molecule has 0 unspecified atom stereocenters. The van der Waals surface area contributed by atoms with E-state index in [1.54, 1.807) is 30.7 Å². The van der Waals surface area contributed by atoms with Crippen LogP contribution >= 0.6 is 11.6 Å². The van der Waals surface area contributed by atoms with Gasteiger partial charge >= 0.3 is 0 Å². The van der Waals surface area contributed by atoms with Gasteiger partial charge in [-0.25, -0.2) is 8.42 Å². The summed E-state index contributed by atoms with van der Waals surface area (Å²) in [5.41, 5.74) is 2.58. The minimum Gasteiger partial charge on any atom is -0.495 e. The average Bonchev–Trinajstić information content (AvgIpc) is 2.83. The number of methoxy groups -OCH3 is 3. The number of hydrogen-bond donors (Lipinski definition) is 0. The van der Waals surface area contributed by atoms with Crippen LogP contribution in [0.5, 0.6) is 17.2 Å². The van der Waals surface area contributed by atoms with Crippen molar-refractivity contribution in [1.82, 2.24) is 9.21 Å². The molecule has 1 fully saturated rings. The molecule has 1 saturated heterocycles. The van der Waals surface area contributed by atoms with Crippen LogP contribution in [0.1, 0.15) is 24.0 Å². The Balaban J connectivity index is 1.36. The SMILES string of the molecule is COc1ccc(S(=O)(=O)N2CCC(CN3CCc4cc(OC)c(OC)cc4C3)CC2)cc1Cl. The van der Waals surface area contributed by atoms with Crippen LogP contribution in [0.15, 0.2) is 35.2 Å². The van der Waals surface area contributed by atoms with Crippen molar-refractivity contribution in [2.75, 3.05) is 47.5 Å². The molecule has 9 heteroatoms. The van der Waals surface area contributed by atoms with Gasteiger partial charge in [0.25, 0.3) is 0 Å². The smallest absolute Gasteiger partial charge is 0.243 e. The van der Waals surface area contributed by atoms with E-state index in [-0.39, 0.29) is 4.90 Å². The molecule has 0 aromatic heterocycles. The van der Waals surface area contributed by atoms with Crippen LogP contribution in [-0.2, 0) is 23.0 Å². The maximum absolute atomic E-state index is 13.1. The number of nitrogens with zero attached hydrogens (tertiary/aromatic N) is 2. The van der Waals surface area contributed by atoms with Gasteiger partial charge < -0.3 is 14.2 Å². The fraction of sp³-hybridized carbons (Fsp3) is 0.500. The highest BCUT2D eigenvalue weighted by Crippen LogP contribution is 2.34. The van der Waals surface area contributed by atoms with Crippen molar-refractivity contribution < 1.29 is 22.6 Å². The molecule has 2 aliphatic heterocycles. The van der Waals surface area contributed by atoms with Crippen molar-refractivity contribution in [2.45, 2.75) is 30.7 Å².